The third-order valence-corrected chi connectivity index (χ3v) is 21.9. The second-order valence-corrected chi connectivity index (χ2v) is 34.6. The molecule has 3 aromatic carbocycles. The average Bonchev–Trinajstić information content (AvgIpc) is 1.45. The van der Waals surface area contributed by atoms with Crippen LogP contribution in [0.3, 0.4) is 0 Å². The third kappa shape index (κ3) is 33.8. The fraction of sp³-hybridized carbons (Fsp3) is 0.578. The van der Waals surface area contributed by atoms with Crippen LogP contribution in [0.25, 0.3) is 10.9 Å². The Bertz CT molecular complexity index is 4360. The van der Waals surface area contributed by atoms with Gasteiger partial charge in [0, 0.05) is 61.2 Å². The number of aromatic amines is 1. The van der Waals surface area contributed by atoms with Crippen LogP contribution >= 0.6 is 0 Å². The number of phenols is 1. The highest BCUT2D eigenvalue weighted by Crippen LogP contribution is 2.27. The summed E-state index contributed by atoms with van der Waals surface area (Å²) in [6.45, 7) is 21.4. The van der Waals surface area contributed by atoms with E-state index in [4.69, 9.17) is 5.73 Å². The number of carbonyl (C=O) groups is 16. The number of nitrogens with zero attached hydrogens (tertiary/aromatic N) is 1. The molecule has 0 aliphatic carbocycles. The van der Waals surface area contributed by atoms with E-state index in [-0.39, 0.29) is 88.5 Å². The summed E-state index contributed by atoms with van der Waals surface area (Å²) in [5.41, 5.74) is 4.15. The molecular formula is C90H134N16O18. The van der Waals surface area contributed by atoms with Gasteiger partial charge in [0.05, 0.1) is 30.8 Å². The molecule has 34 nitrogen and oxygen atoms in total. The number of nitrogens with one attached hydrogen (secondary N) is 14. The van der Waals surface area contributed by atoms with Crippen LogP contribution in [0, 0.1) is 23.7 Å². The van der Waals surface area contributed by atoms with Crippen molar-refractivity contribution in [2.24, 2.45) is 29.4 Å². The van der Waals surface area contributed by atoms with Crippen LogP contribution in [-0.4, -0.2) is 225 Å². The van der Waals surface area contributed by atoms with Gasteiger partial charge in [-0.2, -0.15) is 0 Å². The molecular weight excluding hydrogens is 1590 g/mol. The summed E-state index contributed by atoms with van der Waals surface area (Å²) >= 11 is 0. The molecule has 0 spiro atoms. The number of amides is 13. The Hall–Kier alpha value is -11.3. The van der Waals surface area contributed by atoms with E-state index in [9.17, 15) is 63.0 Å². The first-order valence-electron chi connectivity index (χ1n) is 43.0. The Balaban J connectivity index is 1.48. The number of hydrogen-bond donors (Lipinski definition) is 17. The van der Waals surface area contributed by atoms with Gasteiger partial charge in [-0.15, -0.1) is 0 Å². The maximum absolute atomic E-state index is 15.3. The highest BCUT2D eigenvalue weighted by Gasteiger charge is 2.43. The first kappa shape index (κ1) is 103. The number of hydrogen-bond acceptors (Lipinski definition) is 20. The number of carbonyl (C=O) groups excluding carboxylic acids is 16. The molecule has 13 amide bonds. The predicted molar refractivity (Wildman–Crippen MR) is 468 cm³/mol. The fourth-order valence-electron chi connectivity index (χ4n) is 14.2. The molecule has 34 heteroatoms. The van der Waals surface area contributed by atoms with Crippen molar-refractivity contribution >= 4 is 105 Å². The number of aromatic hydroxyl groups is 1. The summed E-state index contributed by atoms with van der Waals surface area (Å²) < 4.78 is 0. The fourth-order valence-corrected chi connectivity index (χ4v) is 14.2. The van der Waals surface area contributed by atoms with Gasteiger partial charge >= 0.3 is 0 Å². The SMILES string of the molecule is CC(C)C[C@@H]1CCC(=O)[C@H](Cc2c[nH]c3ccccc23)NC(=O)[C@H](Cc2ccc(O)cc2)NC(=O)C(C)NC(=O)[C@](C)(NC(=O)[C@H](Cc2ccccc2)NC(=O)[C@@H](NC(=O)[C@H](CC(C)C)NC(=O)CN(C)C)[C@@H](C)O)CCCCCC/C=C/CCC[C@@](C)(C(=O)NC(C)C(=O)N[C@@H](C)C(=O)NC(C)C(=O)N[C@@H](C)C(=O)C(=O)[C@H](C)NC[C@H](C)C(N)=O)NC1=O. The minimum atomic E-state index is -1.84. The van der Waals surface area contributed by atoms with Crippen molar-refractivity contribution in [1.82, 2.24) is 79.0 Å². The van der Waals surface area contributed by atoms with Crippen LogP contribution < -0.4 is 74.9 Å². The molecule has 0 saturated carbocycles. The molecule has 1 aliphatic rings. The van der Waals surface area contributed by atoms with Gasteiger partial charge in [0.25, 0.3) is 0 Å². The quantitative estimate of drug-likeness (QED) is 0.0232. The molecule has 124 heavy (non-hydrogen) atoms. The first-order valence-corrected chi connectivity index (χ1v) is 43.0. The third-order valence-electron chi connectivity index (χ3n) is 21.9. The van der Waals surface area contributed by atoms with Gasteiger partial charge in [-0.3, -0.25) is 76.7 Å². The summed E-state index contributed by atoms with van der Waals surface area (Å²) in [5, 5.41) is 57.5. The smallest absolute Gasteiger partial charge is 0.246 e. The maximum Gasteiger partial charge on any atom is 0.246 e. The number of para-hydroxylation sites is 1. The minimum Gasteiger partial charge on any atom is -0.508 e. The molecule has 18 N–H and O–H groups in total. The van der Waals surface area contributed by atoms with E-state index in [1.54, 1.807) is 74.6 Å². The number of primary amides is 1. The number of likely N-dealkylation sites (N-methyl/N-ethyl adjacent to an activating group) is 1. The summed E-state index contributed by atoms with van der Waals surface area (Å²) in [4.78, 5) is 230. The number of phenolic OH excluding ortho intramolecular Hbond substituents is 1. The normalized spacial score (nSPS) is 21.6. The van der Waals surface area contributed by atoms with E-state index in [1.165, 1.54) is 74.4 Å². The molecule has 1 aromatic heterocycles. The summed E-state index contributed by atoms with van der Waals surface area (Å²) in [5.74, 6) is -14.2. The Morgan fingerprint density at radius 1 is 0.565 bits per heavy atom. The van der Waals surface area contributed by atoms with Gasteiger partial charge in [-0.1, -0.05) is 127 Å². The van der Waals surface area contributed by atoms with Crippen molar-refractivity contribution in [1.29, 1.82) is 0 Å². The predicted octanol–water partition coefficient (Wildman–Crippen LogP) is 2.92. The van der Waals surface area contributed by atoms with Crippen molar-refractivity contribution in [2.75, 3.05) is 27.2 Å². The lowest BCUT2D eigenvalue weighted by Gasteiger charge is -2.33. The van der Waals surface area contributed by atoms with E-state index >= 15 is 24.0 Å². The lowest BCUT2D eigenvalue weighted by atomic mass is 9.87. The van der Waals surface area contributed by atoms with Crippen LogP contribution in [0.15, 0.2) is 97.2 Å². The van der Waals surface area contributed by atoms with Crippen LogP contribution in [0.1, 0.15) is 197 Å². The minimum absolute atomic E-state index is 0.0226. The lowest BCUT2D eigenvalue weighted by molar-refractivity contribution is -0.140. The Morgan fingerprint density at radius 3 is 1.75 bits per heavy atom. The summed E-state index contributed by atoms with van der Waals surface area (Å²) in [7, 11) is 3.37. The van der Waals surface area contributed by atoms with Crippen molar-refractivity contribution < 1.29 is 86.9 Å². The number of fused-ring (bicyclic) bond motifs is 1. The zero-order valence-electron chi connectivity index (χ0n) is 74.7. The lowest BCUT2D eigenvalue weighted by Crippen LogP contribution is -2.64. The van der Waals surface area contributed by atoms with E-state index in [1.807, 2.05) is 64.1 Å². The largest absolute Gasteiger partial charge is 0.508 e. The Morgan fingerprint density at radius 2 is 1.15 bits per heavy atom. The number of aromatic nitrogens is 1. The van der Waals surface area contributed by atoms with Gasteiger partial charge in [0.15, 0.2) is 5.78 Å². The number of H-pyrrole nitrogens is 1. The molecule has 4 aromatic rings. The van der Waals surface area contributed by atoms with Crippen LogP contribution in [-0.2, 0) is 96.0 Å². The number of rotatable bonds is 35. The number of aliphatic hydroxyl groups excluding tert-OH is 1. The van der Waals surface area contributed by atoms with Gasteiger partial charge in [0.2, 0.25) is 88.4 Å². The highest BCUT2D eigenvalue weighted by molar-refractivity contribution is 6.41. The monoisotopic (exact) mass is 1730 g/mol. The molecule has 5 rings (SSSR count). The van der Waals surface area contributed by atoms with Gasteiger partial charge in [0.1, 0.15) is 65.2 Å². The molecule has 0 saturated heterocycles. The standard InChI is InChI=1S/C90H134N16O18/c1-51(2)43-63-37-40-72(109)68(47-64-49-93-67-34-28-27-33-66(64)67)100-83(119)70(46-62-35-38-65(108)39-36-62)101-81(117)59(11)98-88(124)90(14,105-85(121)71(45-61-31-25-24-26-32-61)102-86(122)74(60(12)107)103-84(120)69(44-52(3)4)99-73(110)50-106(15)16)42-30-23-21-19-17-18-20-22-29-41-89(13,104-82(63)118)87(123)97-58(10)80(116)96-57(9)79(115)95-56(8)78(114)94-55(7)76(112)75(111)54(6)92-48-53(5)77(91)113/h18,20,24-28,31-36,38-39,49,51-60,63,68-71,74,92-93,107-108H,17,19,21-23,29-30,37,40-48,50H2,1-16H3,(H2,91,113)(H,94,114)(H,95,115)(H,96,116)(H,97,123)(H,98,124)(H,99,110)(H,100,119)(H,101,117)(H,102,122)(H,103,120)(H,104,118)(H,105,121)/b20-18+/t53-,54-,55-,56?,57-,58?,59?,60+,63-,68-,69-,70-,71-,74-,89-,90+/m0/s1. The van der Waals surface area contributed by atoms with Crippen molar-refractivity contribution in [3.63, 3.8) is 0 Å². The Labute approximate surface area is 727 Å². The van der Waals surface area contributed by atoms with E-state index in [0.717, 1.165) is 10.9 Å². The summed E-state index contributed by atoms with van der Waals surface area (Å²) in [6.07, 6.45) is 7.18. The van der Waals surface area contributed by atoms with Gasteiger partial charge in [-0.25, -0.2) is 0 Å². The van der Waals surface area contributed by atoms with E-state index in [0.29, 0.717) is 61.6 Å². The van der Waals surface area contributed by atoms with Crippen LogP contribution in [0.4, 0.5) is 0 Å². The number of allylic oxidation sites excluding steroid dienone is 2. The molecule has 0 bridgehead atoms. The van der Waals surface area contributed by atoms with E-state index in [2.05, 4.69) is 74.1 Å². The second kappa shape index (κ2) is 49.9. The van der Waals surface area contributed by atoms with Gasteiger partial charge < -0.3 is 94.9 Å². The Kier molecular flexibility index (Phi) is 41.6. The topological polar surface area (TPSA) is 515 Å². The molecule has 682 valence electrons. The molecule has 2 heterocycles. The summed E-state index contributed by atoms with van der Waals surface area (Å²) in [6, 6.07) is 7.14. The number of benzene rings is 3. The van der Waals surface area contributed by atoms with E-state index < -0.39 is 190 Å². The van der Waals surface area contributed by atoms with Crippen molar-refractivity contribution in [2.45, 2.75) is 283 Å². The maximum atomic E-state index is 15.3. The van der Waals surface area contributed by atoms with Gasteiger partial charge in [-0.05, 0) is 181 Å². The zero-order valence-corrected chi connectivity index (χ0v) is 74.7. The number of Topliss-reactive ketones (excluding diaryl/α,β-unsaturated/α-hetero) is 3. The molecule has 16 atom stereocenters. The first-order chi connectivity index (χ1) is 58.3. The second-order valence-electron chi connectivity index (χ2n) is 34.6. The molecule has 1 aliphatic heterocycles. The highest BCUT2D eigenvalue weighted by atomic mass is 16.3. The van der Waals surface area contributed by atoms with Crippen molar-refractivity contribution in [3.05, 3.63) is 114 Å². The number of aliphatic hydroxyl groups is 1. The zero-order chi connectivity index (χ0) is 92.5. The molecule has 0 radical (unpaired) electrons. The van der Waals surface area contributed by atoms with Crippen molar-refractivity contribution in [3.8, 4) is 5.75 Å². The molecule has 0 fully saturated rings. The number of nitrogens with two attached hydrogens (primary N) is 1. The van der Waals surface area contributed by atoms with Crippen LogP contribution in [0.5, 0.6) is 5.75 Å². The average molecular weight is 1730 g/mol. The van der Waals surface area contributed by atoms with Crippen LogP contribution in [0.2, 0.25) is 0 Å². The number of ketones is 3. The molecule has 3 unspecified atom stereocenters.